The van der Waals surface area contributed by atoms with Gasteiger partial charge in [0, 0.05) is 42.7 Å². The molecule has 30 heavy (non-hydrogen) atoms. The Morgan fingerprint density at radius 1 is 1.10 bits per heavy atom. The number of hydrogen-bond donors (Lipinski definition) is 4. The van der Waals surface area contributed by atoms with E-state index >= 15 is 0 Å². The molecule has 2 aliphatic rings. The quantitative estimate of drug-likeness (QED) is 0.525. The smallest absolute Gasteiger partial charge is 0.231 e. The molecule has 0 radical (unpaired) electrons. The molecular weight excluding hydrogens is 378 g/mol. The van der Waals surface area contributed by atoms with Crippen molar-refractivity contribution >= 4 is 28.9 Å². The number of nitrogens with zero attached hydrogens (tertiary/aromatic N) is 1. The summed E-state index contributed by atoms with van der Waals surface area (Å²) >= 11 is 0. The summed E-state index contributed by atoms with van der Waals surface area (Å²) in [5.41, 5.74) is 5.10. The first-order valence-electron chi connectivity index (χ1n) is 10.3. The normalized spacial score (nSPS) is 15.9. The van der Waals surface area contributed by atoms with Crippen LogP contribution in [0.1, 0.15) is 28.9 Å². The molecule has 0 bridgehead atoms. The van der Waals surface area contributed by atoms with Gasteiger partial charge in [-0.3, -0.25) is 9.59 Å². The van der Waals surface area contributed by atoms with Crippen LogP contribution in [-0.4, -0.2) is 34.7 Å². The number of para-hydroxylation sites is 1. The highest BCUT2D eigenvalue weighted by molar-refractivity contribution is 6.07. The third kappa shape index (κ3) is 3.48. The van der Waals surface area contributed by atoms with Gasteiger partial charge in [0.25, 0.3) is 0 Å². The largest absolute Gasteiger partial charge is 0.356 e. The minimum absolute atomic E-state index is 0.0128. The lowest BCUT2D eigenvalue weighted by atomic mass is 9.95. The molecule has 5 rings (SSSR count). The summed E-state index contributed by atoms with van der Waals surface area (Å²) in [7, 11) is 0. The Hall–Kier alpha value is -3.45. The van der Waals surface area contributed by atoms with E-state index in [4.69, 9.17) is 0 Å². The van der Waals surface area contributed by atoms with Gasteiger partial charge in [0.05, 0.1) is 22.9 Å². The number of fused-ring (bicyclic) bond motifs is 1. The number of aromatic nitrogens is 2. The molecule has 1 saturated heterocycles. The molecule has 0 saturated carbocycles. The fraction of sp³-hybridized carbons (Fsp3) is 0.261. The number of pyridine rings is 1. The number of rotatable bonds is 5. The number of amides is 1. The molecule has 0 atom stereocenters. The molecule has 7 nitrogen and oxygen atoms in total. The second kappa shape index (κ2) is 7.76. The van der Waals surface area contributed by atoms with Crippen LogP contribution in [0, 0.1) is 5.92 Å². The van der Waals surface area contributed by atoms with Crippen LogP contribution in [0.15, 0.2) is 48.7 Å². The van der Waals surface area contributed by atoms with E-state index in [2.05, 4.69) is 25.9 Å². The molecule has 2 aromatic heterocycles. The van der Waals surface area contributed by atoms with Crippen LogP contribution in [-0.2, 0) is 11.2 Å². The Bertz CT molecular complexity index is 1100. The van der Waals surface area contributed by atoms with Crippen LogP contribution < -0.4 is 16.0 Å². The van der Waals surface area contributed by atoms with E-state index in [-0.39, 0.29) is 17.6 Å². The first kappa shape index (κ1) is 18.6. The Morgan fingerprint density at radius 2 is 1.93 bits per heavy atom. The van der Waals surface area contributed by atoms with Gasteiger partial charge in [-0.05, 0) is 37.1 Å². The molecule has 1 aliphatic carbocycles. The second-order valence-corrected chi connectivity index (χ2v) is 7.77. The van der Waals surface area contributed by atoms with Crippen molar-refractivity contribution in [3.05, 3.63) is 59.9 Å². The number of carbonyl (C=O) groups excluding carboxylic acids is 2. The van der Waals surface area contributed by atoms with Crippen molar-refractivity contribution in [1.82, 2.24) is 15.3 Å². The second-order valence-electron chi connectivity index (χ2n) is 7.77. The van der Waals surface area contributed by atoms with E-state index in [1.54, 1.807) is 6.20 Å². The van der Waals surface area contributed by atoms with Crippen molar-refractivity contribution in [2.45, 2.75) is 19.3 Å². The highest BCUT2D eigenvalue weighted by Gasteiger charge is 2.28. The van der Waals surface area contributed by atoms with Gasteiger partial charge < -0.3 is 20.9 Å². The third-order valence-electron chi connectivity index (χ3n) is 5.68. The Balaban J connectivity index is 1.53. The number of aromatic amines is 1. The van der Waals surface area contributed by atoms with Crippen molar-refractivity contribution in [3.63, 3.8) is 0 Å². The summed E-state index contributed by atoms with van der Waals surface area (Å²) in [6.45, 7) is 1.39. The molecule has 1 aliphatic heterocycles. The fourth-order valence-corrected chi connectivity index (χ4v) is 3.96. The molecule has 1 aromatic carbocycles. The van der Waals surface area contributed by atoms with E-state index in [1.165, 1.54) is 0 Å². The molecule has 152 valence electrons. The Morgan fingerprint density at radius 3 is 2.70 bits per heavy atom. The van der Waals surface area contributed by atoms with Gasteiger partial charge in [-0.25, -0.2) is 4.98 Å². The van der Waals surface area contributed by atoms with E-state index in [9.17, 15) is 9.59 Å². The number of benzene rings is 1. The van der Waals surface area contributed by atoms with E-state index in [0.29, 0.717) is 25.3 Å². The van der Waals surface area contributed by atoms with E-state index < -0.39 is 0 Å². The van der Waals surface area contributed by atoms with Gasteiger partial charge >= 0.3 is 0 Å². The summed E-state index contributed by atoms with van der Waals surface area (Å²) < 4.78 is 0. The van der Waals surface area contributed by atoms with Crippen molar-refractivity contribution in [2.75, 3.05) is 23.7 Å². The summed E-state index contributed by atoms with van der Waals surface area (Å²) in [4.78, 5) is 32.8. The molecule has 4 N–H and O–H groups in total. The highest BCUT2D eigenvalue weighted by atomic mass is 16.2. The standard InChI is InChI=1S/C23H23N5O2/c29-18-8-4-7-17-20(18)22(26-16-5-2-1-3-6-16)21(27-17)14-9-10-25-19(11-14)28-23(30)15-12-24-13-15/h1-3,5-6,9-11,15,24,26-27H,4,7-8,12-13H2,(H,25,28,30). The van der Waals surface area contributed by atoms with Crippen molar-refractivity contribution in [2.24, 2.45) is 5.92 Å². The summed E-state index contributed by atoms with van der Waals surface area (Å²) in [6, 6.07) is 13.6. The predicted molar refractivity (Wildman–Crippen MR) is 116 cm³/mol. The molecule has 1 amide bonds. The van der Waals surface area contributed by atoms with Crippen LogP contribution in [0.5, 0.6) is 0 Å². The van der Waals surface area contributed by atoms with Crippen LogP contribution in [0.4, 0.5) is 17.2 Å². The van der Waals surface area contributed by atoms with Crippen LogP contribution in [0.2, 0.25) is 0 Å². The first-order valence-corrected chi connectivity index (χ1v) is 10.3. The fourth-order valence-electron chi connectivity index (χ4n) is 3.96. The molecule has 0 unspecified atom stereocenters. The molecular formula is C23H23N5O2. The highest BCUT2D eigenvalue weighted by Crippen LogP contribution is 2.39. The van der Waals surface area contributed by atoms with Crippen molar-refractivity contribution in [3.8, 4) is 11.3 Å². The van der Waals surface area contributed by atoms with Crippen LogP contribution in [0.25, 0.3) is 11.3 Å². The van der Waals surface area contributed by atoms with Crippen LogP contribution in [0.3, 0.4) is 0 Å². The van der Waals surface area contributed by atoms with Gasteiger partial charge in [-0.15, -0.1) is 0 Å². The number of H-pyrrole nitrogens is 1. The van der Waals surface area contributed by atoms with E-state index in [1.807, 2.05) is 42.5 Å². The number of aryl methyl sites for hydroxylation is 1. The molecule has 3 aromatic rings. The summed E-state index contributed by atoms with van der Waals surface area (Å²) in [5.74, 6) is 0.620. The number of Topliss-reactive ketones (excluding diaryl/α,β-unsaturated/α-hetero) is 1. The zero-order valence-corrected chi connectivity index (χ0v) is 16.5. The average Bonchev–Trinajstić information content (AvgIpc) is 3.07. The maximum Gasteiger partial charge on any atom is 0.231 e. The number of anilines is 3. The number of hydrogen-bond acceptors (Lipinski definition) is 5. The summed E-state index contributed by atoms with van der Waals surface area (Å²) in [5, 5.41) is 9.44. The van der Waals surface area contributed by atoms with Gasteiger partial charge in [-0.1, -0.05) is 18.2 Å². The van der Waals surface area contributed by atoms with Gasteiger partial charge in [0.15, 0.2) is 5.78 Å². The zero-order chi connectivity index (χ0) is 20.5. The third-order valence-corrected chi connectivity index (χ3v) is 5.68. The maximum atomic E-state index is 12.7. The average molecular weight is 401 g/mol. The minimum atomic E-state index is -0.0259. The maximum absolute atomic E-state index is 12.7. The molecule has 1 fully saturated rings. The molecule has 7 heteroatoms. The van der Waals surface area contributed by atoms with Crippen LogP contribution >= 0.6 is 0 Å². The Labute approximate surface area is 174 Å². The lowest BCUT2D eigenvalue weighted by Gasteiger charge is -2.25. The zero-order valence-electron chi connectivity index (χ0n) is 16.5. The number of ketones is 1. The first-order chi connectivity index (χ1) is 14.7. The van der Waals surface area contributed by atoms with Crippen molar-refractivity contribution in [1.29, 1.82) is 0 Å². The van der Waals surface area contributed by atoms with Gasteiger partial charge in [0.2, 0.25) is 5.91 Å². The predicted octanol–water partition coefficient (Wildman–Crippen LogP) is 3.50. The van der Waals surface area contributed by atoms with Gasteiger partial charge in [-0.2, -0.15) is 0 Å². The van der Waals surface area contributed by atoms with E-state index in [0.717, 1.165) is 46.7 Å². The van der Waals surface area contributed by atoms with Crippen molar-refractivity contribution < 1.29 is 9.59 Å². The lowest BCUT2D eigenvalue weighted by molar-refractivity contribution is -0.121. The molecule has 0 spiro atoms. The minimum Gasteiger partial charge on any atom is -0.356 e. The Kier molecular flexibility index (Phi) is 4.80. The van der Waals surface area contributed by atoms with Gasteiger partial charge in [0.1, 0.15) is 5.82 Å². The molecule has 3 heterocycles. The number of carbonyl (C=O) groups is 2. The lowest BCUT2D eigenvalue weighted by Crippen LogP contribution is -2.48. The topological polar surface area (TPSA) is 98.9 Å². The summed E-state index contributed by atoms with van der Waals surface area (Å²) in [6.07, 6.45) is 3.93. The SMILES string of the molecule is O=C1CCCc2[nH]c(-c3ccnc(NC(=O)C4CNC4)c3)c(Nc3ccccc3)c21. The number of nitrogens with one attached hydrogen (secondary N) is 4. The monoisotopic (exact) mass is 401 g/mol.